The Hall–Kier alpha value is -1.49. The van der Waals surface area contributed by atoms with E-state index in [-0.39, 0.29) is 5.78 Å². The molecule has 17 heavy (non-hydrogen) atoms. The van der Waals surface area contributed by atoms with Gasteiger partial charge in [0, 0.05) is 24.4 Å². The maximum Gasteiger partial charge on any atom is 0.243 e. The Labute approximate surface area is 101 Å². The largest absolute Gasteiger partial charge is 0.479 e. The SMILES string of the molecule is COc1nccnc1C(=O)C1(C)CCCNC1. The van der Waals surface area contributed by atoms with Gasteiger partial charge in [0.1, 0.15) is 0 Å². The van der Waals surface area contributed by atoms with E-state index < -0.39 is 5.41 Å². The number of nitrogens with zero attached hydrogens (tertiary/aromatic N) is 2. The first kappa shape index (κ1) is 12.0. The molecule has 1 aliphatic rings. The van der Waals surface area contributed by atoms with Gasteiger partial charge in [0.2, 0.25) is 5.88 Å². The Morgan fingerprint density at radius 2 is 2.24 bits per heavy atom. The summed E-state index contributed by atoms with van der Waals surface area (Å²) in [7, 11) is 1.50. The van der Waals surface area contributed by atoms with Crippen LogP contribution in [0.2, 0.25) is 0 Å². The summed E-state index contributed by atoms with van der Waals surface area (Å²) in [5, 5.41) is 3.25. The topological polar surface area (TPSA) is 64.1 Å². The van der Waals surface area contributed by atoms with E-state index in [0.717, 1.165) is 19.4 Å². The average molecular weight is 235 g/mol. The second kappa shape index (κ2) is 4.79. The van der Waals surface area contributed by atoms with Gasteiger partial charge in [0.25, 0.3) is 0 Å². The maximum atomic E-state index is 12.5. The van der Waals surface area contributed by atoms with Gasteiger partial charge >= 0.3 is 0 Å². The van der Waals surface area contributed by atoms with Crippen molar-refractivity contribution in [1.29, 1.82) is 0 Å². The Bertz CT molecular complexity index is 414. The third kappa shape index (κ3) is 2.29. The van der Waals surface area contributed by atoms with Gasteiger partial charge in [-0.15, -0.1) is 0 Å². The molecule has 1 saturated heterocycles. The van der Waals surface area contributed by atoms with Gasteiger partial charge in [-0.05, 0) is 19.4 Å². The molecule has 0 aromatic carbocycles. The van der Waals surface area contributed by atoms with Crippen LogP contribution in [0.1, 0.15) is 30.3 Å². The van der Waals surface area contributed by atoms with E-state index in [9.17, 15) is 4.79 Å². The third-order valence-electron chi connectivity index (χ3n) is 3.22. The fourth-order valence-electron chi connectivity index (χ4n) is 2.17. The lowest BCUT2D eigenvalue weighted by Crippen LogP contribution is -2.43. The molecular weight excluding hydrogens is 218 g/mol. The van der Waals surface area contributed by atoms with E-state index >= 15 is 0 Å². The minimum Gasteiger partial charge on any atom is -0.479 e. The van der Waals surface area contributed by atoms with Crippen LogP contribution in [0.15, 0.2) is 12.4 Å². The monoisotopic (exact) mass is 235 g/mol. The number of Topliss-reactive ketones (excluding diaryl/α,β-unsaturated/α-hetero) is 1. The number of methoxy groups -OCH3 is 1. The maximum absolute atomic E-state index is 12.5. The molecule has 0 spiro atoms. The van der Waals surface area contributed by atoms with Crippen molar-refractivity contribution in [3.63, 3.8) is 0 Å². The summed E-state index contributed by atoms with van der Waals surface area (Å²) in [5.41, 5.74) is -0.0668. The Kier molecular flexibility index (Phi) is 3.38. The number of ketones is 1. The number of rotatable bonds is 3. The van der Waals surface area contributed by atoms with Crippen LogP contribution in [0.3, 0.4) is 0 Å². The van der Waals surface area contributed by atoms with Gasteiger partial charge in [-0.1, -0.05) is 6.92 Å². The molecule has 1 aromatic rings. The average Bonchev–Trinajstić information content (AvgIpc) is 2.38. The van der Waals surface area contributed by atoms with Crippen molar-refractivity contribution in [2.45, 2.75) is 19.8 Å². The zero-order valence-corrected chi connectivity index (χ0v) is 10.2. The molecular formula is C12H17N3O2. The highest BCUT2D eigenvalue weighted by atomic mass is 16.5. The van der Waals surface area contributed by atoms with Crippen molar-refractivity contribution in [2.75, 3.05) is 20.2 Å². The molecule has 2 heterocycles. The van der Waals surface area contributed by atoms with Crippen LogP contribution in [0.5, 0.6) is 5.88 Å². The first-order valence-corrected chi connectivity index (χ1v) is 5.78. The summed E-state index contributed by atoms with van der Waals surface area (Å²) in [6, 6.07) is 0. The number of aromatic nitrogens is 2. The predicted molar refractivity (Wildman–Crippen MR) is 63.1 cm³/mol. The zero-order valence-electron chi connectivity index (χ0n) is 10.2. The molecule has 0 saturated carbocycles. The fraction of sp³-hybridized carbons (Fsp3) is 0.583. The summed E-state index contributed by atoms with van der Waals surface area (Å²) < 4.78 is 5.09. The van der Waals surface area contributed by atoms with Crippen LogP contribution in [0, 0.1) is 5.41 Å². The minimum absolute atomic E-state index is 0.00894. The Balaban J connectivity index is 2.29. The van der Waals surface area contributed by atoms with Crippen molar-refractivity contribution in [3.8, 4) is 5.88 Å². The van der Waals surface area contributed by atoms with Crippen molar-refractivity contribution >= 4 is 5.78 Å². The van der Waals surface area contributed by atoms with Crippen LogP contribution < -0.4 is 10.1 Å². The van der Waals surface area contributed by atoms with Crippen LogP contribution in [0.4, 0.5) is 0 Å². The second-order valence-electron chi connectivity index (χ2n) is 4.58. The summed E-state index contributed by atoms with van der Waals surface area (Å²) in [6.45, 7) is 3.63. The van der Waals surface area contributed by atoms with Gasteiger partial charge < -0.3 is 10.1 Å². The molecule has 0 amide bonds. The summed E-state index contributed by atoms with van der Waals surface area (Å²) in [6.07, 6.45) is 4.93. The summed E-state index contributed by atoms with van der Waals surface area (Å²) in [5.74, 6) is 0.318. The highest BCUT2D eigenvalue weighted by Gasteiger charge is 2.37. The molecule has 0 bridgehead atoms. The van der Waals surface area contributed by atoms with Crippen molar-refractivity contribution in [1.82, 2.24) is 15.3 Å². The van der Waals surface area contributed by atoms with Crippen molar-refractivity contribution in [2.24, 2.45) is 5.41 Å². The molecule has 0 radical (unpaired) electrons. The highest BCUT2D eigenvalue weighted by molar-refractivity contribution is 6.00. The van der Waals surface area contributed by atoms with E-state index in [1.54, 1.807) is 0 Å². The van der Waals surface area contributed by atoms with E-state index in [1.807, 2.05) is 6.92 Å². The molecule has 5 nitrogen and oxygen atoms in total. The van der Waals surface area contributed by atoms with E-state index in [1.165, 1.54) is 19.5 Å². The Morgan fingerprint density at radius 1 is 1.47 bits per heavy atom. The number of piperidine rings is 1. The van der Waals surface area contributed by atoms with Crippen molar-refractivity contribution < 1.29 is 9.53 Å². The van der Waals surface area contributed by atoms with E-state index in [4.69, 9.17) is 4.74 Å². The Morgan fingerprint density at radius 3 is 2.88 bits per heavy atom. The quantitative estimate of drug-likeness (QED) is 0.793. The third-order valence-corrected chi connectivity index (χ3v) is 3.22. The van der Waals surface area contributed by atoms with Gasteiger partial charge in [0.05, 0.1) is 7.11 Å². The molecule has 1 aliphatic heterocycles. The van der Waals surface area contributed by atoms with Gasteiger partial charge in [0.15, 0.2) is 11.5 Å². The van der Waals surface area contributed by atoms with Crippen molar-refractivity contribution in [3.05, 3.63) is 18.1 Å². The van der Waals surface area contributed by atoms with Crippen LogP contribution in [0.25, 0.3) is 0 Å². The molecule has 2 rings (SSSR count). The fourth-order valence-corrected chi connectivity index (χ4v) is 2.17. The summed E-state index contributed by atoms with van der Waals surface area (Å²) in [4.78, 5) is 20.6. The highest BCUT2D eigenvalue weighted by Crippen LogP contribution is 2.31. The normalized spacial score (nSPS) is 24.4. The molecule has 1 N–H and O–H groups in total. The first-order chi connectivity index (χ1) is 8.17. The van der Waals surface area contributed by atoms with Gasteiger partial charge in [-0.2, -0.15) is 0 Å². The number of nitrogens with one attached hydrogen (secondary N) is 1. The van der Waals surface area contributed by atoms with E-state index in [2.05, 4.69) is 15.3 Å². The first-order valence-electron chi connectivity index (χ1n) is 5.78. The molecule has 0 aliphatic carbocycles. The lowest BCUT2D eigenvalue weighted by atomic mass is 9.78. The van der Waals surface area contributed by atoms with Crippen LogP contribution >= 0.6 is 0 Å². The zero-order chi connectivity index (χ0) is 12.3. The standard InChI is InChI=1S/C12H17N3O2/c1-12(4-3-5-13-8-12)10(16)9-11(17-2)15-7-6-14-9/h6-7,13H,3-5,8H2,1-2H3. The van der Waals surface area contributed by atoms with Gasteiger partial charge in [-0.3, -0.25) is 4.79 Å². The second-order valence-corrected chi connectivity index (χ2v) is 4.58. The van der Waals surface area contributed by atoms with Crippen LogP contribution in [-0.2, 0) is 0 Å². The lowest BCUT2D eigenvalue weighted by Gasteiger charge is -2.32. The number of carbonyl (C=O) groups is 1. The number of hydrogen-bond donors (Lipinski definition) is 1. The van der Waals surface area contributed by atoms with Gasteiger partial charge in [-0.25, -0.2) is 9.97 Å². The minimum atomic E-state index is -0.401. The molecule has 1 aromatic heterocycles. The molecule has 1 unspecified atom stereocenters. The molecule has 92 valence electrons. The molecule has 1 atom stereocenters. The smallest absolute Gasteiger partial charge is 0.243 e. The summed E-state index contributed by atoms with van der Waals surface area (Å²) >= 11 is 0. The van der Waals surface area contributed by atoms with Crippen LogP contribution in [-0.4, -0.2) is 36.0 Å². The number of carbonyl (C=O) groups excluding carboxylic acids is 1. The lowest BCUT2D eigenvalue weighted by molar-refractivity contribution is 0.0762. The number of hydrogen-bond acceptors (Lipinski definition) is 5. The number of ether oxygens (including phenoxy) is 1. The molecule has 1 fully saturated rings. The van der Waals surface area contributed by atoms with E-state index in [0.29, 0.717) is 18.1 Å². The molecule has 5 heteroatoms. The predicted octanol–water partition coefficient (Wildman–Crippen LogP) is 1.06.